The van der Waals surface area contributed by atoms with Gasteiger partial charge in [-0.15, -0.1) is 0 Å². The number of hydrogen-bond acceptors (Lipinski definition) is 4. The Morgan fingerprint density at radius 3 is 2.43 bits per heavy atom. The molecule has 1 saturated heterocycles. The Bertz CT molecular complexity index is 772. The Morgan fingerprint density at radius 1 is 1.11 bits per heavy atom. The van der Waals surface area contributed by atoms with Gasteiger partial charge in [-0.25, -0.2) is 0 Å². The van der Waals surface area contributed by atoms with Gasteiger partial charge in [0.2, 0.25) is 5.91 Å². The van der Waals surface area contributed by atoms with E-state index in [0.29, 0.717) is 29.6 Å². The topological polar surface area (TPSA) is 61.8 Å². The minimum atomic E-state index is 0.0471. The highest BCUT2D eigenvalue weighted by Crippen LogP contribution is 2.22. The SMILES string of the molecule is O=C(NCCCO)C1CN(Cc2ccc(OCc3cc(Cl)cc(Cl)c3)cc2)C1. The van der Waals surface area contributed by atoms with Gasteiger partial charge in [-0.05, 0) is 47.9 Å². The molecule has 0 aromatic heterocycles. The zero-order valence-electron chi connectivity index (χ0n) is 15.5. The van der Waals surface area contributed by atoms with E-state index < -0.39 is 0 Å². The van der Waals surface area contributed by atoms with Crippen molar-refractivity contribution in [1.82, 2.24) is 10.2 Å². The van der Waals surface area contributed by atoms with Crippen LogP contribution in [0.5, 0.6) is 5.75 Å². The molecular formula is C21H24Cl2N2O3. The van der Waals surface area contributed by atoms with Crippen LogP contribution in [0.1, 0.15) is 17.5 Å². The molecule has 0 saturated carbocycles. The molecule has 0 aliphatic carbocycles. The maximum absolute atomic E-state index is 11.9. The molecule has 1 aliphatic heterocycles. The summed E-state index contributed by atoms with van der Waals surface area (Å²) in [5.74, 6) is 0.907. The van der Waals surface area contributed by atoms with E-state index in [4.69, 9.17) is 33.0 Å². The minimum Gasteiger partial charge on any atom is -0.489 e. The van der Waals surface area contributed by atoms with E-state index in [0.717, 1.165) is 30.9 Å². The summed E-state index contributed by atoms with van der Waals surface area (Å²) in [7, 11) is 0. The third-order valence-corrected chi connectivity index (χ3v) is 5.06. The third kappa shape index (κ3) is 6.11. The number of hydrogen-bond donors (Lipinski definition) is 2. The number of benzene rings is 2. The molecule has 1 amide bonds. The maximum atomic E-state index is 11.9. The van der Waals surface area contributed by atoms with Crippen LogP contribution in [0.25, 0.3) is 0 Å². The fourth-order valence-electron chi connectivity index (χ4n) is 3.11. The Morgan fingerprint density at radius 2 is 1.79 bits per heavy atom. The molecule has 1 aliphatic rings. The molecule has 3 rings (SSSR count). The maximum Gasteiger partial charge on any atom is 0.225 e. The Kier molecular flexibility index (Phi) is 7.57. The number of amides is 1. The summed E-state index contributed by atoms with van der Waals surface area (Å²) in [4.78, 5) is 14.2. The van der Waals surface area contributed by atoms with Crippen molar-refractivity contribution < 1.29 is 14.6 Å². The highest BCUT2D eigenvalue weighted by molar-refractivity contribution is 6.34. The number of halogens is 2. The van der Waals surface area contributed by atoms with Crippen LogP contribution < -0.4 is 10.1 Å². The highest BCUT2D eigenvalue weighted by Gasteiger charge is 2.32. The largest absolute Gasteiger partial charge is 0.489 e. The van der Waals surface area contributed by atoms with Crippen molar-refractivity contribution in [2.45, 2.75) is 19.6 Å². The fourth-order valence-corrected chi connectivity index (χ4v) is 3.68. The van der Waals surface area contributed by atoms with Gasteiger partial charge in [0.25, 0.3) is 0 Å². The standard InChI is InChI=1S/C21H24Cl2N2O3/c22-18-8-16(9-19(23)10-18)14-28-20-4-2-15(3-5-20)11-25-12-17(13-25)21(27)24-6-1-7-26/h2-5,8-10,17,26H,1,6-7,11-14H2,(H,24,27). The summed E-state index contributed by atoms with van der Waals surface area (Å²) in [6.45, 7) is 3.37. The second-order valence-electron chi connectivity index (χ2n) is 6.97. The number of likely N-dealkylation sites (tertiary alicyclic amines) is 1. The van der Waals surface area contributed by atoms with Crippen LogP contribution in [0.3, 0.4) is 0 Å². The lowest BCUT2D eigenvalue weighted by atomic mass is 9.98. The van der Waals surface area contributed by atoms with E-state index in [1.807, 2.05) is 36.4 Å². The third-order valence-electron chi connectivity index (χ3n) is 4.62. The lowest BCUT2D eigenvalue weighted by Crippen LogP contribution is -2.53. The average Bonchev–Trinajstić information content (AvgIpc) is 2.63. The van der Waals surface area contributed by atoms with Crippen LogP contribution in [0.2, 0.25) is 10.0 Å². The first-order chi connectivity index (χ1) is 13.5. The summed E-state index contributed by atoms with van der Waals surface area (Å²) in [6, 6.07) is 13.3. The first kappa shape index (κ1) is 20.9. The first-order valence-corrected chi connectivity index (χ1v) is 10.1. The molecule has 0 atom stereocenters. The van der Waals surface area contributed by atoms with Gasteiger partial charge in [-0.3, -0.25) is 9.69 Å². The fraction of sp³-hybridized carbons (Fsp3) is 0.381. The number of carbonyl (C=O) groups is 1. The Labute approximate surface area is 175 Å². The normalized spacial score (nSPS) is 14.5. The quantitative estimate of drug-likeness (QED) is 0.607. The van der Waals surface area contributed by atoms with Gasteiger partial charge in [0.15, 0.2) is 0 Å². The number of nitrogens with zero attached hydrogens (tertiary/aromatic N) is 1. The molecule has 0 spiro atoms. The van der Waals surface area contributed by atoms with Gasteiger partial charge in [-0.1, -0.05) is 35.3 Å². The van der Waals surface area contributed by atoms with E-state index in [1.54, 1.807) is 6.07 Å². The number of aliphatic hydroxyl groups is 1. The van der Waals surface area contributed by atoms with Gasteiger partial charge in [0.05, 0.1) is 5.92 Å². The molecule has 0 radical (unpaired) electrons. The van der Waals surface area contributed by atoms with Crippen molar-refractivity contribution in [2.24, 2.45) is 5.92 Å². The average molecular weight is 423 g/mol. The van der Waals surface area contributed by atoms with Crippen LogP contribution in [0.15, 0.2) is 42.5 Å². The lowest BCUT2D eigenvalue weighted by molar-refractivity contribution is -0.130. The lowest BCUT2D eigenvalue weighted by Gasteiger charge is -2.38. The molecule has 7 heteroatoms. The molecule has 0 unspecified atom stereocenters. The summed E-state index contributed by atoms with van der Waals surface area (Å²) in [5.41, 5.74) is 2.10. The van der Waals surface area contributed by atoms with Crippen LogP contribution in [0, 0.1) is 5.92 Å². The minimum absolute atomic E-state index is 0.0471. The predicted molar refractivity (Wildman–Crippen MR) is 111 cm³/mol. The zero-order valence-corrected chi connectivity index (χ0v) is 17.0. The van der Waals surface area contributed by atoms with Gasteiger partial charge >= 0.3 is 0 Å². The van der Waals surface area contributed by atoms with Crippen LogP contribution in [-0.4, -0.2) is 42.2 Å². The number of rotatable bonds is 9. The van der Waals surface area contributed by atoms with Crippen molar-refractivity contribution in [1.29, 1.82) is 0 Å². The van der Waals surface area contributed by atoms with Crippen molar-refractivity contribution in [3.05, 3.63) is 63.6 Å². The van der Waals surface area contributed by atoms with Crippen molar-refractivity contribution >= 4 is 29.1 Å². The first-order valence-electron chi connectivity index (χ1n) is 9.31. The second-order valence-corrected chi connectivity index (χ2v) is 7.84. The summed E-state index contributed by atoms with van der Waals surface area (Å²) < 4.78 is 5.80. The summed E-state index contributed by atoms with van der Waals surface area (Å²) in [5, 5.41) is 12.8. The molecular weight excluding hydrogens is 399 g/mol. The van der Waals surface area contributed by atoms with Crippen LogP contribution in [-0.2, 0) is 17.9 Å². The molecule has 2 aromatic rings. The molecule has 150 valence electrons. The Hall–Kier alpha value is -1.79. The molecule has 2 aromatic carbocycles. The van der Waals surface area contributed by atoms with Crippen molar-refractivity contribution in [3.63, 3.8) is 0 Å². The van der Waals surface area contributed by atoms with Crippen molar-refractivity contribution in [3.8, 4) is 5.75 Å². The molecule has 28 heavy (non-hydrogen) atoms. The second kappa shape index (κ2) is 10.1. The van der Waals surface area contributed by atoms with E-state index >= 15 is 0 Å². The molecule has 0 bridgehead atoms. The van der Waals surface area contributed by atoms with Crippen LogP contribution in [0.4, 0.5) is 0 Å². The zero-order chi connectivity index (χ0) is 19.9. The smallest absolute Gasteiger partial charge is 0.225 e. The number of carbonyl (C=O) groups excluding carboxylic acids is 1. The Balaban J connectivity index is 1.41. The summed E-state index contributed by atoms with van der Waals surface area (Å²) in [6.07, 6.45) is 0.598. The van der Waals surface area contributed by atoms with Crippen LogP contribution >= 0.6 is 23.2 Å². The van der Waals surface area contributed by atoms with Gasteiger partial charge in [-0.2, -0.15) is 0 Å². The number of nitrogens with one attached hydrogen (secondary N) is 1. The van der Waals surface area contributed by atoms with Gasteiger partial charge in [0, 0.05) is 42.8 Å². The number of ether oxygens (including phenoxy) is 1. The molecule has 2 N–H and O–H groups in total. The van der Waals surface area contributed by atoms with E-state index in [9.17, 15) is 4.79 Å². The van der Waals surface area contributed by atoms with Gasteiger partial charge < -0.3 is 15.2 Å². The monoisotopic (exact) mass is 422 g/mol. The molecule has 5 nitrogen and oxygen atoms in total. The summed E-state index contributed by atoms with van der Waals surface area (Å²) >= 11 is 12.0. The highest BCUT2D eigenvalue weighted by atomic mass is 35.5. The van der Waals surface area contributed by atoms with Gasteiger partial charge in [0.1, 0.15) is 12.4 Å². The molecule has 1 fully saturated rings. The van der Waals surface area contributed by atoms with E-state index in [-0.39, 0.29) is 18.4 Å². The number of aliphatic hydroxyl groups excluding tert-OH is 1. The molecule has 1 heterocycles. The van der Waals surface area contributed by atoms with E-state index in [2.05, 4.69) is 10.2 Å². The predicted octanol–water partition coefficient (Wildman–Crippen LogP) is 3.50. The van der Waals surface area contributed by atoms with Crippen molar-refractivity contribution in [2.75, 3.05) is 26.2 Å². The van der Waals surface area contributed by atoms with E-state index in [1.165, 1.54) is 5.56 Å².